The molecule has 1 aromatic rings. The van der Waals surface area contributed by atoms with Crippen LogP contribution < -0.4 is 0 Å². The van der Waals surface area contributed by atoms with Crippen molar-refractivity contribution >= 4 is 17.5 Å². The molecule has 1 heterocycles. The molecule has 4 nitrogen and oxygen atoms in total. The van der Waals surface area contributed by atoms with Gasteiger partial charge in [0.1, 0.15) is 5.75 Å². The Hall–Kier alpha value is -1.26. The second-order valence-corrected chi connectivity index (χ2v) is 5.85. The Bertz CT molecular complexity index is 519. The lowest BCUT2D eigenvalue weighted by molar-refractivity contribution is 0.0752. The average molecular weight is 282 g/mol. The largest absolute Gasteiger partial charge is 0.506 e. The standard InChI is InChI=1S/C14H16ClNO3/c15-11-5-8(1-4-13(11)18)14(19)16-6-9-2-3-12(17)10(9)7-16/h1,4-5,9-10,12,17-18H,2-3,6-7H2. The molecule has 102 valence electrons. The molecule has 1 saturated carbocycles. The smallest absolute Gasteiger partial charge is 0.253 e. The molecular weight excluding hydrogens is 266 g/mol. The van der Waals surface area contributed by atoms with Gasteiger partial charge >= 0.3 is 0 Å². The van der Waals surface area contributed by atoms with Gasteiger partial charge in [0.2, 0.25) is 0 Å². The maximum absolute atomic E-state index is 12.4. The van der Waals surface area contributed by atoms with Gasteiger partial charge in [0.05, 0.1) is 11.1 Å². The van der Waals surface area contributed by atoms with Crippen molar-refractivity contribution < 1.29 is 15.0 Å². The minimum atomic E-state index is -0.272. The van der Waals surface area contributed by atoms with Crippen LogP contribution in [-0.4, -0.2) is 40.2 Å². The number of hydrogen-bond donors (Lipinski definition) is 2. The maximum atomic E-state index is 12.4. The molecule has 1 amide bonds. The number of phenolic OH excluding ortho intramolecular Hbond substituents is 1. The molecule has 3 atom stereocenters. The van der Waals surface area contributed by atoms with Crippen LogP contribution in [0.15, 0.2) is 18.2 Å². The molecule has 19 heavy (non-hydrogen) atoms. The van der Waals surface area contributed by atoms with Crippen LogP contribution in [-0.2, 0) is 0 Å². The van der Waals surface area contributed by atoms with Crippen LogP contribution in [0.25, 0.3) is 0 Å². The van der Waals surface area contributed by atoms with Crippen LogP contribution in [0.4, 0.5) is 0 Å². The fourth-order valence-corrected chi connectivity index (χ4v) is 3.41. The molecule has 1 saturated heterocycles. The summed E-state index contributed by atoms with van der Waals surface area (Å²) in [6.07, 6.45) is 1.57. The van der Waals surface area contributed by atoms with Crippen molar-refractivity contribution in [1.29, 1.82) is 0 Å². The zero-order chi connectivity index (χ0) is 13.6. The van der Waals surface area contributed by atoms with Crippen molar-refractivity contribution in [3.05, 3.63) is 28.8 Å². The van der Waals surface area contributed by atoms with E-state index in [9.17, 15) is 15.0 Å². The van der Waals surface area contributed by atoms with Gasteiger partial charge in [-0.15, -0.1) is 0 Å². The van der Waals surface area contributed by atoms with E-state index in [2.05, 4.69) is 0 Å². The number of hydrogen-bond acceptors (Lipinski definition) is 3. The number of nitrogens with zero attached hydrogens (tertiary/aromatic N) is 1. The van der Waals surface area contributed by atoms with E-state index >= 15 is 0 Å². The molecule has 1 aliphatic heterocycles. The fraction of sp³-hybridized carbons (Fsp3) is 0.500. The van der Waals surface area contributed by atoms with E-state index in [1.54, 1.807) is 11.0 Å². The first kappa shape index (κ1) is 12.8. The summed E-state index contributed by atoms with van der Waals surface area (Å²) < 4.78 is 0. The summed E-state index contributed by atoms with van der Waals surface area (Å²) in [4.78, 5) is 14.1. The Morgan fingerprint density at radius 3 is 2.79 bits per heavy atom. The van der Waals surface area contributed by atoms with Crippen molar-refractivity contribution in [3.63, 3.8) is 0 Å². The lowest BCUT2D eigenvalue weighted by atomic mass is 10.00. The molecule has 3 unspecified atom stereocenters. The Morgan fingerprint density at radius 1 is 1.32 bits per heavy atom. The summed E-state index contributed by atoms with van der Waals surface area (Å²) in [7, 11) is 0. The monoisotopic (exact) mass is 281 g/mol. The van der Waals surface area contributed by atoms with E-state index < -0.39 is 0 Å². The van der Waals surface area contributed by atoms with Crippen LogP contribution >= 0.6 is 11.6 Å². The number of aliphatic hydroxyl groups excluding tert-OH is 1. The number of amides is 1. The normalized spacial score (nSPS) is 29.6. The molecule has 2 fully saturated rings. The number of aromatic hydroxyl groups is 1. The van der Waals surface area contributed by atoms with Gasteiger partial charge in [-0.05, 0) is 37.0 Å². The van der Waals surface area contributed by atoms with Gasteiger partial charge < -0.3 is 15.1 Å². The SMILES string of the molecule is O=C(c1ccc(O)c(Cl)c1)N1CC2CCC(O)C2C1. The van der Waals surface area contributed by atoms with Crippen molar-refractivity contribution in [2.45, 2.75) is 18.9 Å². The molecule has 1 aliphatic carbocycles. The Kier molecular flexibility index (Phi) is 3.15. The van der Waals surface area contributed by atoms with Gasteiger partial charge in [0, 0.05) is 24.6 Å². The summed E-state index contributed by atoms with van der Waals surface area (Å²) in [6.45, 7) is 1.32. The zero-order valence-electron chi connectivity index (χ0n) is 10.4. The molecular formula is C14H16ClNO3. The summed E-state index contributed by atoms with van der Waals surface area (Å²) in [6, 6.07) is 4.50. The van der Waals surface area contributed by atoms with E-state index in [0.29, 0.717) is 24.6 Å². The van der Waals surface area contributed by atoms with Crippen LogP contribution in [0, 0.1) is 11.8 Å². The number of aliphatic hydroxyl groups is 1. The molecule has 2 aliphatic rings. The predicted octanol–water partition coefficient (Wildman–Crippen LogP) is 1.89. The summed E-state index contributed by atoms with van der Waals surface area (Å²) >= 11 is 5.82. The fourth-order valence-electron chi connectivity index (χ4n) is 3.23. The third kappa shape index (κ3) is 2.19. The van der Waals surface area contributed by atoms with E-state index in [1.165, 1.54) is 12.1 Å². The van der Waals surface area contributed by atoms with Crippen LogP contribution in [0.3, 0.4) is 0 Å². The quantitative estimate of drug-likeness (QED) is 0.826. The highest BCUT2D eigenvalue weighted by molar-refractivity contribution is 6.32. The first-order valence-electron chi connectivity index (χ1n) is 6.52. The summed E-state index contributed by atoms with van der Waals surface area (Å²) in [5, 5.41) is 19.4. The van der Waals surface area contributed by atoms with Gasteiger partial charge in [-0.1, -0.05) is 11.6 Å². The summed E-state index contributed by atoms with van der Waals surface area (Å²) in [5.41, 5.74) is 0.484. The molecule has 0 radical (unpaired) electrons. The number of likely N-dealkylation sites (tertiary alicyclic amines) is 1. The van der Waals surface area contributed by atoms with Gasteiger partial charge in [0.15, 0.2) is 0 Å². The molecule has 1 aromatic carbocycles. The van der Waals surface area contributed by atoms with Gasteiger partial charge in [-0.3, -0.25) is 4.79 Å². The number of carbonyl (C=O) groups excluding carboxylic acids is 1. The topological polar surface area (TPSA) is 60.8 Å². The third-order valence-corrected chi connectivity index (χ3v) is 4.60. The Balaban J connectivity index is 1.76. The average Bonchev–Trinajstić information content (AvgIpc) is 2.95. The van der Waals surface area contributed by atoms with Crippen LogP contribution in [0.1, 0.15) is 23.2 Å². The Morgan fingerprint density at radius 2 is 2.11 bits per heavy atom. The molecule has 0 aromatic heterocycles. The number of rotatable bonds is 1. The number of fused-ring (bicyclic) bond motifs is 1. The molecule has 5 heteroatoms. The van der Waals surface area contributed by atoms with Crippen LogP contribution in [0.2, 0.25) is 5.02 Å². The van der Waals surface area contributed by atoms with Crippen molar-refractivity contribution in [2.24, 2.45) is 11.8 Å². The highest BCUT2D eigenvalue weighted by Gasteiger charge is 2.43. The van der Waals surface area contributed by atoms with Gasteiger partial charge in [0.25, 0.3) is 5.91 Å². The van der Waals surface area contributed by atoms with Gasteiger partial charge in [-0.25, -0.2) is 0 Å². The van der Waals surface area contributed by atoms with Gasteiger partial charge in [-0.2, -0.15) is 0 Å². The first-order chi connectivity index (χ1) is 9.06. The Labute approximate surface area is 116 Å². The van der Waals surface area contributed by atoms with Crippen LogP contribution in [0.5, 0.6) is 5.75 Å². The predicted molar refractivity (Wildman–Crippen MR) is 71.2 cm³/mol. The lowest BCUT2D eigenvalue weighted by Gasteiger charge is -2.18. The summed E-state index contributed by atoms with van der Waals surface area (Å²) in [5.74, 6) is 0.540. The maximum Gasteiger partial charge on any atom is 0.253 e. The van der Waals surface area contributed by atoms with E-state index in [0.717, 1.165) is 12.8 Å². The lowest BCUT2D eigenvalue weighted by Crippen LogP contribution is -2.31. The zero-order valence-corrected chi connectivity index (χ0v) is 11.2. The molecule has 3 rings (SSSR count). The number of halogens is 1. The molecule has 0 bridgehead atoms. The minimum absolute atomic E-state index is 0.0214. The second kappa shape index (κ2) is 4.69. The van der Waals surface area contributed by atoms with E-state index in [1.807, 2.05) is 0 Å². The number of carbonyl (C=O) groups is 1. The van der Waals surface area contributed by atoms with Crippen molar-refractivity contribution in [2.75, 3.05) is 13.1 Å². The highest BCUT2D eigenvalue weighted by Crippen LogP contribution is 2.38. The highest BCUT2D eigenvalue weighted by atomic mass is 35.5. The van der Waals surface area contributed by atoms with Crippen molar-refractivity contribution in [1.82, 2.24) is 4.90 Å². The molecule has 2 N–H and O–H groups in total. The molecule has 0 spiro atoms. The van der Waals surface area contributed by atoms with Crippen molar-refractivity contribution in [3.8, 4) is 5.75 Å². The van der Waals surface area contributed by atoms with E-state index in [4.69, 9.17) is 11.6 Å². The number of phenols is 1. The number of benzene rings is 1. The second-order valence-electron chi connectivity index (χ2n) is 5.44. The van der Waals surface area contributed by atoms with E-state index in [-0.39, 0.29) is 28.7 Å². The first-order valence-corrected chi connectivity index (χ1v) is 6.90. The third-order valence-electron chi connectivity index (χ3n) is 4.30. The minimum Gasteiger partial charge on any atom is -0.506 e.